The van der Waals surface area contributed by atoms with Crippen LogP contribution in [0.15, 0.2) is 54.6 Å². The first-order valence-electron chi connectivity index (χ1n) is 6.46. The van der Waals surface area contributed by atoms with Crippen LogP contribution in [0.4, 0.5) is 10.1 Å². The Hall–Kier alpha value is -1.87. The highest BCUT2D eigenvalue weighted by molar-refractivity contribution is 5.42. The van der Waals surface area contributed by atoms with Crippen molar-refractivity contribution in [1.82, 2.24) is 4.90 Å². The third kappa shape index (κ3) is 4.72. The van der Waals surface area contributed by atoms with Gasteiger partial charge in [0.2, 0.25) is 0 Å². The van der Waals surface area contributed by atoms with Gasteiger partial charge in [0.15, 0.2) is 0 Å². The van der Waals surface area contributed by atoms with Crippen LogP contribution in [0, 0.1) is 5.82 Å². The van der Waals surface area contributed by atoms with E-state index in [1.165, 1.54) is 6.07 Å². The van der Waals surface area contributed by atoms with Gasteiger partial charge in [0.1, 0.15) is 5.82 Å². The molecule has 0 aromatic heterocycles. The highest BCUT2D eigenvalue weighted by Gasteiger charge is 2.01. The Kier molecular flexibility index (Phi) is 4.93. The smallest absolute Gasteiger partial charge is 0.123 e. The van der Waals surface area contributed by atoms with Gasteiger partial charge in [-0.3, -0.25) is 0 Å². The molecule has 19 heavy (non-hydrogen) atoms. The van der Waals surface area contributed by atoms with E-state index >= 15 is 0 Å². The van der Waals surface area contributed by atoms with Crippen molar-refractivity contribution in [2.75, 3.05) is 25.5 Å². The summed E-state index contributed by atoms with van der Waals surface area (Å²) < 4.78 is 13.1. The molecule has 0 aliphatic carbocycles. The van der Waals surface area contributed by atoms with Crippen molar-refractivity contribution in [3.63, 3.8) is 0 Å². The largest absolute Gasteiger partial charge is 0.384 e. The molecule has 2 aromatic rings. The Morgan fingerprint density at radius 1 is 1.05 bits per heavy atom. The second-order valence-corrected chi connectivity index (χ2v) is 4.66. The number of halogens is 1. The van der Waals surface area contributed by atoms with Crippen LogP contribution in [-0.4, -0.2) is 25.0 Å². The molecule has 0 fully saturated rings. The van der Waals surface area contributed by atoms with Crippen molar-refractivity contribution in [1.29, 1.82) is 0 Å². The highest BCUT2D eigenvalue weighted by Crippen LogP contribution is 2.07. The standard InChI is InChI=1S/C16H19FN2/c1-19(13-14-6-5-7-15(17)12-14)11-10-18-16-8-3-2-4-9-16/h2-9,12,18H,10-11,13H2,1H3. The lowest BCUT2D eigenvalue weighted by atomic mass is 10.2. The zero-order chi connectivity index (χ0) is 13.5. The summed E-state index contributed by atoms with van der Waals surface area (Å²) in [7, 11) is 2.04. The predicted molar refractivity (Wildman–Crippen MR) is 77.7 cm³/mol. The van der Waals surface area contributed by atoms with Crippen LogP contribution in [0.2, 0.25) is 0 Å². The molecule has 2 nitrogen and oxygen atoms in total. The SMILES string of the molecule is CN(CCNc1ccccc1)Cc1cccc(F)c1. The van der Waals surface area contributed by atoms with Gasteiger partial charge >= 0.3 is 0 Å². The van der Waals surface area contributed by atoms with E-state index in [9.17, 15) is 4.39 Å². The van der Waals surface area contributed by atoms with E-state index in [1.54, 1.807) is 12.1 Å². The van der Waals surface area contributed by atoms with Crippen LogP contribution in [0.5, 0.6) is 0 Å². The lowest BCUT2D eigenvalue weighted by molar-refractivity contribution is 0.339. The Labute approximate surface area is 113 Å². The molecule has 0 aliphatic heterocycles. The molecule has 3 heteroatoms. The Morgan fingerprint density at radius 2 is 1.84 bits per heavy atom. The van der Waals surface area contributed by atoms with Crippen molar-refractivity contribution < 1.29 is 4.39 Å². The number of hydrogen-bond acceptors (Lipinski definition) is 2. The minimum absolute atomic E-state index is 0.173. The Morgan fingerprint density at radius 3 is 2.58 bits per heavy atom. The monoisotopic (exact) mass is 258 g/mol. The van der Waals surface area contributed by atoms with Gasteiger partial charge in [0.05, 0.1) is 0 Å². The highest BCUT2D eigenvalue weighted by atomic mass is 19.1. The predicted octanol–water partition coefficient (Wildman–Crippen LogP) is 3.37. The molecule has 100 valence electrons. The molecule has 0 radical (unpaired) electrons. The first kappa shape index (κ1) is 13.6. The van der Waals surface area contributed by atoms with Crippen LogP contribution in [0.3, 0.4) is 0 Å². The summed E-state index contributed by atoms with van der Waals surface area (Å²) in [5.74, 6) is -0.173. The fraction of sp³-hybridized carbons (Fsp3) is 0.250. The summed E-state index contributed by atoms with van der Waals surface area (Å²) in [5, 5.41) is 3.36. The van der Waals surface area contributed by atoms with Crippen molar-refractivity contribution >= 4 is 5.69 Å². The van der Waals surface area contributed by atoms with Gasteiger partial charge in [0.25, 0.3) is 0 Å². The fourth-order valence-corrected chi connectivity index (χ4v) is 1.97. The third-order valence-corrected chi connectivity index (χ3v) is 2.94. The van der Waals surface area contributed by atoms with Gasteiger partial charge in [-0.05, 0) is 36.9 Å². The third-order valence-electron chi connectivity index (χ3n) is 2.94. The van der Waals surface area contributed by atoms with Crippen molar-refractivity contribution in [2.24, 2.45) is 0 Å². The average Bonchev–Trinajstić information content (AvgIpc) is 2.40. The molecule has 0 aliphatic rings. The second-order valence-electron chi connectivity index (χ2n) is 4.66. The zero-order valence-corrected chi connectivity index (χ0v) is 11.1. The molecule has 2 rings (SSSR count). The van der Waals surface area contributed by atoms with E-state index < -0.39 is 0 Å². The summed E-state index contributed by atoms with van der Waals surface area (Å²) in [6, 6.07) is 16.9. The van der Waals surface area contributed by atoms with E-state index in [-0.39, 0.29) is 5.82 Å². The number of likely N-dealkylation sites (N-methyl/N-ethyl adjacent to an activating group) is 1. The van der Waals surface area contributed by atoms with Crippen molar-refractivity contribution in [3.05, 3.63) is 66.0 Å². The summed E-state index contributed by atoms with van der Waals surface area (Å²) in [5.41, 5.74) is 2.13. The van der Waals surface area contributed by atoms with Gasteiger partial charge in [-0.15, -0.1) is 0 Å². The number of benzene rings is 2. The quantitative estimate of drug-likeness (QED) is 0.854. The molecular formula is C16H19FN2. The van der Waals surface area contributed by atoms with Gasteiger partial charge in [-0.2, -0.15) is 0 Å². The van der Waals surface area contributed by atoms with Gasteiger partial charge < -0.3 is 10.2 Å². The lowest BCUT2D eigenvalue weighted by Gasteiger charge is -2.17. The zero-order valence-electron chi connectivity index (χ0n) is 11.1. The van der Waals surface area contributed by atoms with E-state index in [2.05, 4.69) is 10.2 Å². The van der Waals surface area contributed by atoms with Crippen LogP contribution < -0.4 is 5.32 Å². The normalized spacial score (nSPS) is 10.7. The summed E-state index contributed by atoms with van der Waals surface area (Å²) in [6.45, 7) is 2.54. The molecule has 0 spiro atoms. The summed E-state index contributed by atoms with van der Waals surface area (Å²) >= 11 is 0. The number of anilines is 1. The molecule has 0 bridgehead atoms. The number of rotatable bonds is 6. The van der Waals surface area contributed by atoms with E-state index in [4.69, 9.17) is 0 Å². The van der Waals surface area contributed by atoms with Crippen LogP contribution in [0.1, 0.15) is 5.56 Å². The molecule has 2 aromatic carbocycles. The van der Waals surface area contributed by atoms with Crippen LogP contribution >= 0.6 is 0 Å². The van der Waals surface area contributed by atoms with E-state index in [0.717, 1.165) is 30.9 Å². The van der Waals surface area contributed by atoms with Gasteiger partial charge in [-0.25, -0.2) is 4.39 Å². The molecule has 0 amide bonds. The topological polar surface area (TPSA) is 15.3 Å². The summed E-state index contributed by atoms with van der Waals surface area (Å²) in [4.78, 5) is 2.17. The van der Waals surface area contributed by atoms with Crippen molar-refractivity contribution in [2.45, 2.75) is 6.54 Å². The molecule has 0 saturated heterocycles. The first-order valence-corrected chi connectivity index (χ1v) is 6.46. The maximum atomic E-state index is 13.1. The summed E-state index contributed by atoms with van der Waals surface area (Å²) in [6.07, 6.45) is 0. The molecular weight excluding hydrogens is 239 g/mol. The number of nitrogens with one attached hydrogen (secondary N) is 1. The van der Waals surface area contributed by atoms with Crippen LogP contribution in [0.25, 0.3) is 0 Å². The minimum atomic E-state index is -0.173. The first-order chi connectivity index (χ1) is 9.24. The molecule has 0 heterocycles. The molecule has 0 atom stereocenters. The number of hydrogen-bond donors (Lipinski definition) is 1. The van der Waals surface area contributed by atoms with E-state index in [0.29, 0.717) is 0 Å². The Balaban J connectivity index is 1.74. The maximum absolute atomic E-state index is 13.1. The van der Waals surface area contributed by atoms with Crippen molar-refractivity contribution in [3.8, 4) is 0 Å². The van der Waals surface area contributed by atoms with Gasteiger partial charge in [-0.1, -0.05) is 30.3 Å². The van der Waals surface area contributed by atoms with E-state index in [1.807, 2.05) is 43.4 Å². The van der Waals surface area contributed by atoms with Crippen LogP contribution in [-0.2, 0) is 6.54 Å². The molecule has 0 saturated carbocycles. The molecule has 0 unspecified atom stereocenters. The molecule has 1 N–H and O–H groups in total. The number of nitrogens with zero attached hydrogens (tertiary/aromatic N) is 1. The lowest BCUT2D eigenvalue weighted by Crippen LogP contribution is -2.24. The van der Waals surface area contributed by atoms with Gasteiger partial charge in [0, 0.05) is 25.3 Å². The Bertz CT molecular complexity index is 499. The minimum Gasteiger partial charge on any atom is -0.384 e. The number of para-hydroxylation sites is 1. The fourth-order valence-electron chi connectivity index (χ4n) is 1.97. The maximum Gasteiger partial charge on any atom is 0.123 e. The average molecular weight is 258 g/mol. The second kappa shape index (κ2) is 6.90.